The number of carboxylic acids is 1. The predicted molar refractivity (Wildman–Crippen MR) is 129 cm³/mol. The maximum Gasteiger partial charge on any atom is 0.407 e. The molecule has 0 aromatic heterocycles. The summed E-state index contributed by atoms with van der Waals surface area (Å²) in [5, 5.41) is 12.7. The van der Waals surface area contributed by atoms with E-state index in [0.29, 0.717) is 19.4 Å². The molecule has 35 heavy (non-hydrogen) atoms. The fourth-order valence-corrected chi connectivity index (χ4v) is 6.71. The van der Waals surface area contributed by atoms with Gasteiger partial charge in [0, 0.05) is 24.9 Å². The third kappa shape index (κ3) is 3.60. The number of carbonyl (C=O) groups excluding carboxylic acids is 2. The van der Waals surface area contributed by atoms with E-state index >= 15 is 0 Å². The lowest BCUT2D eigenvalue weighted by molar-refractivity contribution is -0.160. The van der Waals surface area contributed by atoms with Crippen LogP contribution in [-0.4, -0.2) is 52.7 Å². The number of carboxylic acid groups (broad SMARTS) is 1. The maximum absolute atomic E-state index is 13.2. The van der Waals surface area contributed by atoms with Crippen LogP contribution in [0.1, 0.15) is 56.1 Å². The van der Waals surface area contributed by atoms with Crippen molar-refractivity contribution in [3.63, 3.8) is 0 Å². The highest BCUT2D eigenvalue weighted by atomic mass is 16.5. The third-order valence-corrected chi connectivity index (χ3v) is 8.43. The Morgan fingerprint density at radius 2 is 1.66 bits per heavy atom. The van der Waals surface area contributed by atoms with Crippen molar-refractivity contribution in [2.24, 2.45) is 11.3 Å². The molecule has 2 aromatic carbocycles. The molecule has 2 saturated heterocycles. The van der Waals surface area contributed by atoms with Crippen molar-refractivity contribution in [1.29, 1.82) is 0 Å². The van der Waals surface area contributed by atoms with E-state index in [4.69, 9.17) is 4.74 Å². The van der Waals surface area contributed by atoms with Crippen LogP contribution in [0.25, 0.3) is 11.1 Å². The van der Waals surface area contributed by atoms with Gasteiger partial charge in [0.2, 0.25) is 5.91 Å². The van der Waals surface area contributed by atoms with Crippen molar-refractivity contribution >= 4 is 18.0 Å². The van der Waals surface area contributed by atoms with Crippen LogP contribution < -0.4 is 5.32 Å². The minimum Gasteiger partial charge on any atom is -0.479 e. The molecule has 2 amide bonds. The Labute approximate surface area is 204 Å². The fraction of sp³-hybridized carbons (Fsp3) is 0.464. The van der Waals surface area contributed by atoms with Crippen molar-refractivity contribution < 1.29 is 24.2 Å². The van der Waals surface area contributed by atoms with E-state index in [2.05, 4.69) is 29.6 Å². The second-order valence-electron chi connectivity index (χ2n) is 11.1. The van der Waals surface area contributed by atoms with Crippen LogP contribution in [0.3, 0.4) is 0 Å². The van der Waals surface area contributed by atoms with E-state index in [0.717, 1.165) is 24.0 Å². The van der Waals surface area contributed by atoms with E-state index in [9.17, 15) is 19.5 Å². The van der Waals surface area contributed by atoms with E-state index < -0.39 is 17.6 Å². The lowest BCUT2D eigenvalue weighted by Crippen LogP contribution is -2.57. The molecule has 5 aliphatic rings. The van der Waals surface area contributed by atoms with Crippen LogP contribution in [0.5, 0.6) is 0 Å². The zero-order valence-corrected chi connectivity index (χ0v) is 19.8. The molecule has 2 aromatic rings. The largest absolute Gasteiger partial charge is 0.479 e. The Balaban J connectivity index is 1.11. The van der Waals surface area contributed by atoms with Crippen LogP contribution in [0, 0.1) is 11.3 Å². The highest BCUT2D eigenvalue weighted by molar-refractivity contribution is 5.90. The van der Waals surface area contributed by atoms with Gasteiger partial charge >= 0.3 is 12.1 Å². The zero-order chi connectivity index (χ0) is 24.4. The number of alkyl carbamates (subject to hydrolysis) is 1. The van der Waals surface area contributed by atoms with Gasteiger partial charge < -0.3 is 20.1 Å². The molecule has 7 rings (SSSR count). The van der Waals surface area contributed by atoms with Crippen molar-refractivity contribution in [1.82, 2.24) is 10.2 Å². The molecule has 2 heterocycles. The Bertz CT molecular complexity index is 1170. The lowest BCUT2D eigenvalue weighted by atomic mass is 9.63. The molecule has 2 N–H and O–H groups in total. The van der Waals surface area contributed by atoms with Crippen LogP contribution >= 0.6 is 0 Å². The first-order chi connectivity index (χ1) is 16.8. The standard InChI is InChI=1S/C28H30N2O5/c1-27-14-28(15-27,25(32)33)30(16-27)24(31)12-23(17-10-11-17)29-26(34)35-13-22-20-8-4-2-6-18(20)19-7-3-5-9-21(19)22/h2-9,17,22-23H,10-16H2,1H3,(H,29,34)(H,32,33). The van der Waals surface area contributed by atoms with Crippen LogP contribution in [-0.2, 0) is 14.3 Å². The molecular weight excluding hydrogens is 444 g/mol. The van der Waals surface area contributed by atoms with Crippen LogP contribution in [0.2, 0.25) is 0 Å². The Hall–Kier alpha value is -3.35. The number of amides is 2. The monoisotopic (exact) mass is 474 g/mol. The lowest BCUT2D eigenvalue weighted by Gasteiger charge is -2.42. The molecule has 182 valence electrons. The number of hydrogen-bond donors (Lipinski definition) is 2. The molecular formula is C28H30N2O5. The van der Waals surface area contributed by atoms with Gasteiger partial charge in [0.05, 0.1) is 0 Å². The molecule has 2 aliphatic heterocycles. The molecule has 7 nitrogen and oxygen atoms in total. The fourth-order valence-electron chi connectivity index (χ4n) is 6.71. The van der Waals surface area contributed by atoms with E-state index in [1.165, 1.54) is 11.1 Å². The summed E-state index contributed by atoms with van der Waals surface area (Å²) in [6.07, 6.45) is 2.50. The quantitative estimate of drug-likeness (QED) is 0.628. The van der Waals surface area contributed by atoms with Crippen molar-refractivity contribution in [2.45, 2.75) is 56.5 Å². The van der Waals surface area contributed by atoms with Crippen LogP contribution in [0.15, 0.2) is 48.5 Å². The van der Waals surface area contributed by atoms with Gasteiger partial charge in [-0.2, -0.15) is 0 Å². The van der Waals surface area contributed by atoms with E-state index in [1.807, 2.05) is 31.2 Å². The summed E-state index contributed by atoms with van der Waals surface area (Å²) in [5.74, 6) is -0.909. The number of rotatable bonds is 7. The Kier molecular flexibility index (Phi) is 4.95. The predicted octanol–water partition coefficient (Wildman–Crippen LogP) is 4.16. The van der Waals surface area contributed by atoms with Gasteiger partial charge in [0.1, 0.15) is 12.1 Å². The van der Waals surface area contributed by atoms with Crippen LogP contribution in [0.4, 0.5) is 4.79 Å². The number of nitrogens with zero attached hydrogens (tertiary/aromatic N) is 1. The first-order valence-electron chi connectivity index (χ1n) is 12.5. The Morgan fingerprint density at radius 3 is 2.23 bits per heavy atom. The highest BCUT2D eigenvalue weighted by Gasteiger charge is 2.68. The third-order valence-electron chi connectivity index (χ3n) is 8.43. The molecule has 1 unspecified atom stereocenters. The molecule has 4 fully saturated rings. The normalized spacial score (nSPS) is 26.9. The summed E-state index contributed by atoms with van der Waals surface area (Å²) < 4.78 is 5.69. The molecule has 3 aliphatic carbocycles. The van der Waals surface area contributed by atoms with Gasteiger partial charge in [-0.15, -0.1) is 0 Å². The maximum atomic E-state index is 13.2. The summed E-state index contributed by atoms with van der Waals surface area (Å²) in [7, 11) is 0. The molecule has 2 bridgehead atoms. The minimum absolute atomic E-state index is 0.0262. The second-order valence-corrected chi connectivity index (χ2v) is 11.1. The number of ether oxygens (including phenoxy) is 1. The first-order valence-corrected chi connectivity index (χ1v) is 12.5. The molecule has 2 saturated carbocycles. The highest BCUT2D eigenvalue weighted by Crippen LogP contribution is 2.59. The van der Waals surface area contributed by atoms with Gasteiger partial charge in [-0.3, -0.25) is 4.79 Å². The van der Waals surface area contributed by atoms with Gasteiger partial charge in [0.25, 0.3) is 0 Å². The number of aliphatic carboxylic acids is 1. The SMILES string of the molecule is CC12CN(C(=O)CC(NC(=O)OCC3c4ccccc4-c4ccccc43)C3CC3)C(C(=O)O)(C1)C2. The van der Waals surface area contributed by atoms with Crippen molar-refractivity contribution in [2.75, 3.05) is 13.2 Å². The van der Waals surface area contributed by atoms with Gasteiger partial charge in [0.15, 0.2) is 0 Å². The van der Waals surface area contributed by atoms with Crippen molar-refractivity contribution in [3.8, 4) is 11.1 Å². The molecule has 0 spiro atoms. The van der Waals surface area contributed by atoms with Gasteiger partial charge in [-0.05, 0) is 59.3 Å². The Morgan fingerprint density at radius 1 is 1.06 bits per heavy atom. The topological polar surface area (TPSA) is 95.9 Å². The number of nitrogens with one attached hydrogen (secondary N) is 1. The number of hydrogen-bond acceptors (Lipinski definition) is 4. The van der Waals surface area contributed by atoms with E-state index in [-0.39, 0.29) is 42.2 Å². The molecule has 7 heteroatoms. The summed E-state index contributed by atoms with van der Waals surface area (Å²) in [6.45, 7) is 2.73. The van der Waals surface area contributed by atoms with Crippen molar-refractivity contribution in [3.05, 3.63) is 59.7 Å². The van der Waals surface area contributed by atoms with Gasteiger partial charge in [-0.25, -0.2) is 9.59 Å². The average molecular weight is 475 g/mol. The second kappa shape index (κ2) is 7.83. The molecule has 0 radical (unpaired) electrons. The minimum atomic E-state index is -1.07. The van der Waals surface area contributed by atoms with Gasteiger partial charge in [-0.1, -0.05) is 55.5 Å². The number of carbonyl (C=O) groups is 3. The smallest absolute Gasteiger partial charge is 0.407 e. The average Bonchev–Trinajstić information content (AvgIpc) is 3.47. The summed E-state index contributed by atoms with van der Waals surface area (Å²) in [6, 6.07) is 16.0. The number of benzene rings is 2. The zero-order valence-electron chi connectivity index (χ0n) is 19.8. The first kappa shape index (κ1) is 22.1. The molecule has 1 atom stereocenters. The summed E-state index contributed by atoms with van der Waals surface area (Å²) >= 11 is 0. The summed E-state index contributed by atoms with van der Waals surface area (Å²) in [5.41, 5.74) is 3.46. The van der Waals surface area contributed by atoms with E-state index in [1.54, 1.807) is 4.90 Å². The summed E-state index contributed by atoms with van der Waals surface area (Å²) in [4.78, 5) is 39.5. The number of fused-ring (bicyclic) bond motifs is 4.